The van der Waals surface area contributed by atoms with Gasteiger partial charge < -0.3 is 10.4 Å². The highest BCUT2D eigenvalue weighted by atomic mass is 19.1. The molecule has 1 aromatic heterocycles. The van der Waals surface area contributed by atoms with E-state index in [0.29, 0.717) is 0 Å². The molecule has 2 aromatic carbocycles. The number of aromatic amines is 1. The van der Waals surface area contributed by atoms with Gasteiger partial charge in [-0.2, -0.15) is 5.10 Å². The Labute approximate surface area is 152 Å². The second-order valence-corrected chi connectivity index (χ2v) is 5.98. The maximum Gasteiger partial charge on any atom is 0.255 e. The van der Waals surface area contributed by atoms with Crippen molar-refractivity contribution in [2.45, 2.75) is 19.1 Å². The molecule has 0 bridgehead atoms. The van der Waals surface area contributed by atoms with Crippen LogP contribution in [0.5, 0.6) is 0 Å². The Morgan fingerprint density at radius 2 is 1.70 bits per heavy atom. The van der Waals surface area contributed by atoms with E-state index in [0.717, 1.165) is 12.1 Å². The predicted molar refractivity (Wildman–Crippen MR) is 92.2 cm³/mol. The number of H-pyrrole nitrogens is 1. The van der Waals surface area contributed by atoms with E-state index >= 15 is 0 Å². The fourth-order valence-corrected chi connectivity index (χ4v) is 2.73. The molecule has 0 saturated heterocycles. The average Bonchev–Trinajstić information content (AvgIpc) is 3.11. The summed E-state index contributed by atoms with van der Waals surface area (Å²) >= 11 is 0. The molecular formula is C19H16F3N3O2. The number of rotatable bonds is 5. The third-order valence-corrected chi connectivity index (χ3v) is 4.16. The van der Waals surface area contributed by atoms with Crippen molar-refractivity contribution in [2.24, 2.45) is 0 Å². The molecule has 27 heavy (non-hydrogen) atoms. The number of hydrogen-bond donors (Lipinski definition) is 3. The fraction of sp³-hybridized carbons (Fsp3) is 0.158. The maximum atomic E-state index is 14.0. The Kier molecular flexibility index (Phi) is 5.27. The molecule has 5 nitrogen and oxygen atoms in total. The molecule has 2 unspecified atom stereocenters. The normalized spacial score (nSPS) is 13.2. The first kappa shape index (κ1) is 18.7. The number of halogens is 3. The number of aliphatic hydroxyl groups is 1. The first-order valence-electron chi connectivity index (χ1n) is 8.11. The number of amides is 1. The minimum Gasteiger partial charge on any atom is -0.386 e. The van der Waals surface area contributed by atoms with Gasteiger partial charge in [-0.1, -0.05) is 18.2 Å². The molecular weight excluding hydrogens is 359 g/mol. The van der Waals surface area contributed by atoms with Gasteiger partial charge >= 0.3 is 0 Å². The van der Waals surface area contributed by atoms with Crippen LogP contribution in [0.2, 0.25) is 0 Å². The van der Waals surface area contributed by atoms with E-state index in [-0.39, 0.29) is 16.8 Å². The van der Waals surface area contributed by atoms with Crippen molar-refractivity contribution in [3.05, 3.63) is 77.2 Å². The summed E-state index contributed by atoms with van der Waals surface area (Å²) in [6, 6.07) is 8.02. The van der Waals surface area contributed by atoms with Crippen LogP contribution < -0.4 is 5.32 Å². The third kappa shape index (κ3) is 3.70. The van der Waals surface area contributed by atoms with E-state index in [1.807, 2.05) is 0 Å². The predicted octanol–water partition coefficient (Wildman–Crippen LogP) is 3.35. The van der Waals surface area contributed by atoms with E-state index in [1.54, 1.807) is 6.07 Å². The van der Waals surface area contributed by atoms with Gasteiger partial charge in [-0.15, -0.1) is 0 Å². The van der Waals surface area contributed by atoms with Crippen molar-refractivity contribution in [1.29, 1.82) is 0 Å². The average molecular weight is 375 g/mol. The van der Waals surface area contributed by atoms with Crippen molar-refractivity contribution in [1.82, 2.24) is 15.5 Å². The molecule has 3 N–H and O–H groups in total. The van der Waals surface area contributed by atoms with Crippen LogP contribution in [0, 0.1) is 17.5 Å². The molecule has 0 radical (unpaired) electrons. The highest BCUT2D eigenvalue weighted by molar-refractivity contribution is 5.99. The molecule has 0 aliphatic heterocycles. The summed E-state index contributed by atoms with van der Waals surface area (Å²) in [5.41, 5.74) is -0.196. The molecule has 1 amide bonds. The van der Waals surface area contributed by atoms with Crippen LogP contribution in [0.4, 0.5) is 13.2 Å². The molecule has 3 rings (SSSR count). The first-order valence-corrected chi connectivity index (χ1v) is 8.11. The van der Waals surface area contributed by atoms with E-state index < -0.39 is 41.1 Å². The van der Waals surface area contributed by atoms with Crippen LogP contribution in [0.3, 0.4) is 0 Å². The third-order valence-electron chi connectivity index (χ3n) is 4.16. The lowest BCUT2D eigenvalue weighted by Crippen LogP contribution is -2.37. The van der Waals surface area contributed by atoms with Crippen molar-refractivity contribution in [3.63, 3.8) is 0 Å². The van der Waals surface area contributed by atoms with Crippen LogP contribution >= 0.6 is 0 Å². The zero-order valence-corrected chi connectivity index (χ0v) is 14.2. The molecule has 2 atom stereocenters. The zero-order valence-electron chi connectivity index (χ0n) is 14.2. The van der Waals surface area contributed by atoms with Gasteiger partial charge in [0.05, 0.1) is 29.1 Å². The second-order valence-electron chi connectivity index (χ2n) is 5.98. The molecule has 3 aromatic rings. The standard InChI is InChI=1S/C19H16F3N3O2/c1-10(18(26)16-14(21)7-4-8-15(16)22)24-19(27)12-9-23-25-17(12)11-5-2-3-6-13(11)20/h2-10,18,26H,1H3,(H,23,25)(H,24,27). The summed E-state index contributed by atoms with van der Waals surface area (Å²) in [5.74, 6) is -3.06. The first-order chi connectivity index (χ1) is 12.9. The minimum absolute atomic E-state index is 0.0353. The smallest absolute Gasteiger partial charge is 0.255 e. The Bertz CT molecular complexity index is 954. The van der Waals surface area contributed by atoms with Crippen molar-refractivity contribution >= 4 is 5.91 Å². The lowest BCUT2D eigenvalue weighted by Gasteiger charge is -2.21. The summed E-state index contributed by atoms with van der Waals surface area (Å²) < 4.78 is 41.7. The lowest BCUT2D eigenvalue weighted by molar-refractivity contribution is 0.0839. The van der Waals surface area contributed by atoms with E-state index in [4.69, 9.17) is 0 Å². The summed E-state index contributed by atoms with van der Waals surface area (Å²) in [4.78, 5) is 12.5. The van der Waals surface area contributed by atoms with Crippen LogP contribution in [-0.4, -0.2) is 27.3 Å². The van der Waals surface area contributed by atoms with Crippen molar-refractivity contribution < 1.29 is 23.1 Å². The van der Waals surface area contributed by atoms with Gasteiger partial charge in [-0.05, 0) is 31.2 Å². The van der Waals surface area contributed by atoms with Gasteiger partial charge in [0.2, 0.25) is 0 Å². The number of hydrogen-bond acceptors (Lipinski definition) is 3. The Morgan fingerprint density at radius 1 is 1.07 bits per heavy atom. The van der Waals surface area contributed by atoms with Crippen LogP contribution in [0.15, 0.2) is 48.7 Å². The molecule has 0 aliphatic carbocycles. The number of benzene rings is 2. The quantitative estimate of drug-likeness (QED) is 0.640. The van der Waals surface area contributed by atoms with Crippen molar-refractivity contribution in [3.8, 4) is 11.3 Å². The number of aliphatic hydroxyl groups excluding tert-OH is 1. The zero-order chi connectivity index (χ0) is 19.6. The maximum absolute atomic E-state index is 14.0. The number of carbonyl (C=O) groups is 1. The van der Waals surface area contributed by atoms with E-state index in [1.165, 1.54) is 37.4 Å². The molecule has 8 heteroatoms. The monoisotopic (exact) mass is 375 g/mol. The van der Waals surface area contributed by atoms with E-state index in [9.17, 15) is 23.1 Å². The highest BCUT2D eigenvalue weighted by Crippen LogP contribution is 2.26. The molecule has 0 spiro atoms. The summed E-state index contributed by atoms with van der Waals surface area (Å²) in [5, 5.41) is 19.0. The van der Waals surface area contributed by atoms with Gasteiger partial charge in [0.15, 0.2) is 0 Å². The molecule has 1 heterocycles. The molecule has 0 saturated carbocycles. The Balaban J connectivity index is 1.83. The van der Waals surface area contributed by atoms with Gasteiger partial charge in [-0.3, -0.25) is 9.89 Å². The number of aromatic nitrogens is 2. The van der Waals surface area contributed by atoms with Gasteiger partial charge in [0, 0.05) is 5.56 Å². The fourth-order valence-electron chi connectivity index (χ4n) is 2.73. The second kappa shape index (κ2) is 7.63. The molecule has 140 valence electrons. The lowest BCUT2D eigenvalue weighted by atomic mass is 10.0. The number of nitrogens with one attached hydrogen (secondary N) is 2. The number of carbonyl (C=O) groups excluding carboxylic acids is 1. The number of nitrogens with zero attached hydrogens (tertiary/aromatic N) is 1. The van der Waals surface area contributed by atoms with Crippen molar-refractivity contribution in [2.75, 3.05) is 0 Å². The topological polar surface area (TPSA) is 78.0 Å². The minimum atomic E-state index is -1.61. The Hall–Kier alpha value is -3.13. The summed E-state index contributed by atoms with van der Waals surface area (Å²) in [6.07, 6.45) is -0.404. The SMILES string of the molecule is CC(NC(=O)c1cn[nH]c1-c1ccccc1F)C(O)c1c(F)cccc1F. The van der Waals surface area contributed by atoms with Gasteiger partial charge in [0.1, 0.15) is 23.6 Å². The van der Waals surface area contributed by atoms with Crippen LogP contribution in [0.25, 0.3) is 11.3 Å². The summed E-state index contributed by atoms with van der Waals surface area (Å²) in [6.45, 7) is 1.40. The Morgan fingerprint density at radius 3 is 2.37 bits per heavy atom. The van der Waals surface area contributed by atoms with E-state index in [2.05, 4.69) is 15.5 Å². The van der Waals surface area contributed by atoms with Gasteiger partial charge in [-0.25, -0.2) is 13.2 Å². The van der Waals surface area contributed by atoms with Crippen LogP contribution in [-0.2, 0) is 0 Å². The largest absolute Gasteiger partial charge is 0.386 e. The van der Waals surface area contributed by atoms with Gasteiger partial charge in [0.25, 0.3) is 5.91 Å². The highest BCUT2D eigenvalue weighted by Gasteiger charge is 2.26. The van der Waals surface area contributed by atoms with Crippen LogP contribution in [0.1, 0.15) is 28.9 Å². The summed E-state index contributed by atoms with van der Waals surface area (Å²) in [7, 11) is 0. The molecule has 0 aliphatic rings. The molecule has 0 fully saturated rings.